The second-order valence-electron chi connectivity index (χ2n) is 12.7. The first-order valence-electron chi connectivity index (χ1n) is 16.9. The molecule has 50 heavy (non-hydrogen) atoms. The van der Waals surface area contributed by atoms with Crippen LogP contribution in [0.3, 0.4) is 0 Å². The van der Waals surface area contributed by atoms with Crippen molar-refractivity contribution in [2.24, 2.45) is 5.92 Å². The molecule has 2 heterocycles. The lowest BCUT2D eigenvalue weighted by atomic mass is 9.97. The Morgan fingerprint density at radius 2 is 1.12 bits per heavy atom. The lowest BCUT2D eigenvalue weighted by molar-refractivity contribution is -0.342. The van der Waals surface area contributed by atoms with Crippen LogP contribution in [0.5, 0.6) is 0 Å². The van der Waals surface area contributed by atoms with E-state index in [1.165, 1.54) is 7.11 Å². The van der Waals surface area contributed by atoms with Gasteiger partial charge < -0.3 is 53.2 Å². The SMILES string of the molecule is CO[C@H]1OC(CO[C@@H]2OC(CO)[C@@H](OC(=O)C(C)C)C(O)C2O)[C@@H](OCc2ccccc2)C(OCc2ccccc2)C1OCc1ccccc1. The standard InChI is InChI=1S/C38H48O12/c1-24(2)36(42)50-32-28(19-39)48-37(31(41)30(32)40)47-23-29-33(44-20-25-13-7-4-8-14-25)34(45-21-26-15-9-5-10-16-26)35(38(43-3)49-29)46-22-27-17-11-6-12-18-27/h4-18,24,28-35,37-41H,19-23H2,1-3H3/t28?,29?,30?,31?,32-,33-,34?,35?,37-,38+/m1/s1. The molecule has 5 rings (SSSR count). The maximum atomic E-state index is 12.3. The summed E-state index contributed by atoms with van der Waals surface area (Å²) < 4.78 is 49.1. The molecule has 2 aliphatic rings. The summed E-state index contributed by atoms with van der Waals surface area (Å²) in [5.41, 5.74) is 2.82. The van der Waals surface area contributed by atoms with Gasteiger partial charge in [0.1, 0.15) is 42.7 Å². The van der Waals surface area contributed by atoms with Gasteiger partial charge in [-0.25, -0.2) is 0 Å². The highest BCUT2D eigenvalue weighted by molar-refractivity contribution is 5.71. The van der Waals surface area contributed by atoms with Crippen molar-refractivity contribution in [1.82, 2.24) is 0 Å². The van der Waals surface area contributed by atoms with Gasteiger partial charge in [0.05, 0.1) is 39.0 Å². The minimum atomic E-state index is -1.61. The topological polar surface area (TPSA) is 152 Å². The molecule has 2 fully saturated rings. The van der Waals surface area contributed by atoms with Crippen LogP contribution in [0.25, 0.3) is 0 Å². The predicted molar refractivity (Wildman–Crippen MR) is 179 cm³/mol. The van der Waals surface area contributed by atoms with Crippen molar-refractivity contribution in [2.75, 3.05) is 20.3 Å². The maximum Gasteiger partial charge on any atom is 0.308 e. The number of carbonyl (C=O) groups excluding carboxylic acids is 1. The molecule has 0 bridgehead atoms. The van der Waals surface area contributed by atoms with Crippen LogP contribution in [0.4, 0.5) is 0 Å². The molecule has 0 radical (unpaired) electrons. The molecule has 3 N–H and O–H groups in total. The van der Waals surface area contributed by atoms with Crippen molar-refractivity contribution in [3.63, 3.8) is 0 Å². The largest absolute Gasteiger partial charge is 0.456 e. The highest BCUT2D eigenvalue weighted by Crippen LogP contribution is 2.32. The third-order valence-electron chi connectivity index (χ3n) is 8.65. The van der Waals surface area contributed by atoms with E-state index >= 15 is 0 Å². The fourth-order valence-corrected chi connectivity index (χ4v) is 5.87. The molecular formula is C38H48O12. The molecule has 272 valence electrons. The van der Waals surface area contributed by atoms with Gasteiger partial charge in [0, 0.05) is 7.11 Å². The first-order chi connectivity index (χ1) is 24.3. The summed E-state index contributed by atoms with van der Waals surface area (Å²) in [5, 5.41) is 31.9. The molecule has 2 aliphatic heterocycles. The Kier molecular flexibility index (Phi) is 14.3. The van der Waals surface area contributed by atoms with Crippen LogP contribution in [-0.4, -0.2) is 103 Å². The van der Waals surface area contributed by atoms with Crippen molar-refractivity contribution in [3.05, 3.63) is 108 Å². The number of aliphatic hydroxyl groups excluding tert-OH is 3. The van der Waals surface area contributed by atoms with Crippen LogP contribution < -0.4 is 0 Å². The van der Waals surface area contributed by atoms with Gasteiger partial charge in [0.25, 0.3) is 0 Å². The average molecular weight is 697 g/mol. The van der Waals surface area contributed by atoms with Gasteiger partial charge in [-0.3, -0.25) is 4.79 Å². The van der Waals surface area contributed by atoms with E-state index in [-0.39, 0.29) is 26.4 Å². The number of benzene rings is 3. The van der Waals surface area contributed by atoms with Crippen molar-refractivity contribution < 1.29 is 58.0 Å². The molecule has 3 aromatic rings. The predicted octanol–water partition coefficient (Wildman–Crippen LogP) is 3.14. The first-order valence-corrected chi connectivity index (χ1v) is 16.9. The molecule has 6 unspecified atom stereocenters. The Hall–Kier alpha value is -3.27. The second kappa shape index (κ2) is 18.8. The number of carbonyl (C=O) groups is 1. The van der Waals surface area contributed by atoms with Crippen LogP contribution in [0.2, 0.25) is 0 Å². The highest BCUT2D eigenvalue weighted by Gasteiger charge is 2.51. The number of esters is 1. The van der Waals surface area contributed by atoms with E-state index < -0.39 is 79.9 Å². The third-order valence-corrected chi connectivity index (χ3v) is 8.65. The van der Waals surface area contributed by atoms with Crippen LogP contribution >= 0.6 is 0 Å². The molecule has 3 aromatic carbocycles. The van der Waals surface area contributed by atoms with E-state index in [2.05, 4.69) is 0 Å². The van der Waals surface area contributed by atoms with Gasteiger partial charge in [-0.1, -0.05) is 105 Å². The fourth-order valence-electron chi connectivity index (χ4n) is 5.87. The van der Waals surface area contributed by atoms with E-state index in [0.29, 0.717) is 0 Å². The van der Waals surface area contributed by atoms with E-state index in [1.54, 1.807) is 13.8 Å². The maximum absolute atomic E-state index is 12.3. The summed E-state index contributed by atoms with van der Waals surface area (Å²) in [6.07, 6.45) is -11.0. The zero-order valence-corrected chi connectivity index (χ0v) is 28.6. The van der Waals surface area contributed by atoms with E-state index in [1.807, 2.05) is 91.0 Å². The Morgan fingerprint density at radius 1 is 0.640 bits per heavy atom. The van der Waals surface area contributed by atoms with Crippen molar-refractivity contribution in [3.8, 4) is 0 Å². The number of ether oxygens (including phenoxy) is 8. The summed E-state index contributed by atoms with van der Waals surface area (Å²) in [6, 6.07) is 29.1. The van der Waals surface area contributed by atoms with E-state index in [4.69, 9.17) is 37.9 Å². The lowest BCUT2D eigenvalue weighted by Gasteiger charge is -2.46. The quantitative estimate of drug-likeness (QED) is 0.189. The second-order valence-corrected chi connectivity index (χ2v) is 12.7. The van der Waals surface area contributed by atoms with Gasteiger partial charge in [-0.2, -0.15) is 0 Å². The van der Waals surface area contributed by atoms with Gasteiger partial charge in [0.2, 0.25) is 0 Å². The molecule has 12 heteroatoms. The summed E-state index contributed by atoms with van der Waals surface area (Å²) in [6.45, 7) is 3.21. The monoisotopic (exact) mass is 696 g/mol. The molecule has 0 aromatic heterocycles. The zero-order valence-electron chi connectivity index (χ0n) is 28.6. The molecule has 0 spiro atoms. The van der Waals surface area contributed by atoms with Crippen molar-refractivity contribution in [1.29, 1.82) is 0 Å². The number of rotatable bonds is 16. The third kappa shape index (κ3) is 9.95. The molecule has 0 amide bonds. The molecule has 12 nitrogen and oxygen atoms in total. The van der Waals surface area contributed by atoms with Crippen LogP contribution in [0, 0.1) is 5.92 Å². The van der Waals surface area contributed by atoms with Crippen LogP contribution in [0.1, 0.15) is 30.5 Å². The first kappa shape index (κ1) is 38.0. The Labute approximate surface area is 292 Å². The van der Waals surface area contributed by atoms with Gasteiger partial charge >= 0.3 is 5.97 Å². The molecule has 0 aliphatic carbocycles. The van der Waals surface area contributed by atoms with Crippen LogP contribution in [-0.2, 0) is 62.5 Å². The summed E-state index contributed by atoms with van der Waals surface area (Å²) >= 11 is 0. The van der Waals surface area contributed by atoms with Gasteiger partial charge in [-0.15, -0.1) is 0 Å². The lowest BCUT2D eigenvalue weighted by Crippen LogP contribution is -2.63. The normalized spacial score (nSPS) is 29.9. The van der Waals surface area contributed by atoms with Gasteiger partial charge in [0.15, 0.2) is 18.7 Å². The molecule has 0 saturated carbocycles. The van der Waals surface area contributed by atoms with E-state index in [9.17, 15) is 20.1 Å². The fraction of sp³-hybridized carbons (Fsp3) is 0.500. The Balaban J connectivity index is 1.38. The van der Waals surface area contributed by atoms with E-state index in [0.717, 1.165) is 16.7 Å². The number of aliphatic hydroxyl groups is 3. The van der Waals surface area contributed by atoms with Crippen molar-refractivity contribution in [2.45, 2.75) is 95.1 Å². The van der Waals surface area contributed by atoms with Crippen LogP contribution in [0.15, 0.2) is 91.0 Å². The summed E-state index contributed by atoms with van der Waals surface area (Å²) in [7, 11) is 1.51. The number of methoxy groups -OCH3 is 1. The minimum absolute atomic E-state index is 0.195. The molecule has 2 saturated heterocycles. The minimum Gasteiger partial charge on any atom is -0.456 e. The van der Waals surface area contributed by atoms with Gasteiger partial charge in [-0.05, 0) is 16.7 Å². The number of hydrogen-bond acceptors (Lipinski definition) is 12. The Morgan fingerprint density at radius 3 is 1.60 bits per heavy atom. The summed E-state index contributed by atoms with van der Waals surface area (Å²) in [4.78, 5) is 12.3. The Bertz CT molecular complexity index is 1410. The summed E-state index contributed by atoms with van der Waals surface area (Å²) in [5.74, 6) is -1.09. The zero-order chi connectivity index (χ0) is 35.5. The van der Waals surface area contributed by atoms with Crippen molar-refractivity contribution >= 4 is 5.97 Å². The highest BCUT2D eigenvalue weighted by atomic mass is 16.7. The molecule has 10 atom stereocenters. The average Bonchev–Trinajstić information content (AvgIpc) is 3.15. The smallest absolute Gasteiger partial charge is 0.308 e. The number of hydrogen-bond donors (Lipinski definition) is 3. The molecular weight excluding hydrogens is 648 g/mol.